The third-order valence-corrected chi connectivity index (χ3v) is 3.29. The van der Waals surface area contributed by atoms with Gasteiger partial charge in [-0.05, 0) is 25.2 Å². The van der Waals surface area contributed by atoms with Crippen molar-refractivity contribution >= 4 is 17.8 Å². The van der Waals surface area contributed by atoms with Gasteiger partial charge in [0.2, 0.25) is 11.8 Å². The van der Waals surface area contributed by atoms with Gasteiger partial charge in [-0.2, -0.15) is 0 Å². The summed E-state index contributed by atoms with van der Waals surface area (Å²) >= 11 is 0. The summed E-state index contributed by atoms with van der Waals surface area (Å²) in [7, 11) is 0. The number of hydrogen-bond donors (Lipinski definition) is 2. The Balaban J connectivity index is 2.67. The Kier molecular flexibility index (Phi) is 5.14. The molecule has 6 nitrogen and oxygen atoms in total. The molecule has 6 heteroatoms. The highest BCUT2D eigenvalue weighted by Gasteiger charge is 2.36. The SMILES string of the molecule is CC(NC(=O)C1CCCN1C(=O)CC(C)(C)C)C(=O)O. The van der Waals surface area contributed by atoms with Crippen molar-refractivity contribution in [3.8, 4) is 0 Å². The molecule has 0 aromatic heterocycles. The summed E-state index contributed by atoms with van der Waals surface area (Å²) in [5.41, 5.74) is -0.130. The first-order valence-electron chi connectivity index (χ1n) is 6.94. The van der Waals surface area contributed by atoms with Crippen molar-refractivity contribution in [3.63, 3.8) is 0 Å². The number of rotatable bonds is 4. The van der Waals surface area contributed by atoms with Crippen LogP contribution in [0, 0.1) is 5.41 Å². The number of carbonyl (C=O) groups is 3. The Morgan fingerprint density at radius 2 is 1.95 bits per heavy atom. The van der Waals surface area contributed by atoms with E-state index in [1.165, 1.54) is 6.92 Å². The molecule has 0 bridgehead atoms. The summed E-state index contributed by atoms with van der Waals surface area (Å²) in [4.78, 5) is 36.6. The van der Waals surface area contributed by atoms with Crippen LogP contribution in [0.3, 0.4) is 0 Å². The molecule has 1 aliphatic heterocycles. The maximum atomic E-state index is 12.2. The second-order valence-corrected chi connectivity index (χ2v) is 6.55. The van der Waals surface area contributed by atoms with Crippen molar-refractivity contribution < 1.29 is 19.5 Å². The molecule has 1 aliphatic rings. The van der Waals surface area contributed by atoms with Crippen LogP contribution >= 0.6 is 0 Å². The minimum absolute atomic E-state index is 0.0434. The highest BCUT2D eigenvalue weighted by atomic mass is 16.4. The number of aliphatic carboxylic acids is 1. The second-order valence-electron chi connectivity index (χ2n) is 6.55. The maximum Gasteiger partial charge on any atom is 0.325 e. The fourth-order valence-corrected chi connectivity index (χ4v) is 2.26. The number of hydrogen-bond acceptors (Lipinski definition) is 3. The quantitative estimate of drug-likeness (QED) is 0.806. The number of nitrogens with zero attached hydrogens (tertiary/aromatic N) is 1. The Bertz CT molecular complexity index is 400. The van der Waals surface area contributed by atoms with Gasteiger partial charge in [-0.25, -0.2) is 0 Å². The first-order chi connectivity index (χ1) is 9.11. The molecule has 0 aliphatic carbocycles. The maximum absolute atomic E-state index is 12.2. The number of likely N-dealkylation sites (tertiary alicyclic amines) is 1. The lowest BCUT2D eigenvalue weighted by Gasteiger charge is -2.28. The first kappa shape index (κ1) is 16.5. The van der Waals surface area contributed by atoms with Crippen LogP contribution in [0.25, 0.3) is 0 Å². The number of nitrogens with one attached hydrogen (secondary N) is 1. The molecule has 2 amide bonds. The molecule has 0 saturated carbocycles. The molecule has 1 saturated heterocycles. The van der Waals surface area contributed by atoms with Gasteiger partial charge in [0, 0.05) is 13.0 Å². The molecular weight excluding hydrogens is 260 g/mol. The molecule has 1 heterocycles. The van der Waals surface area contributed by atoms with E-state index in [-0.39, 0.29) is 17.2 Å². The lowest BCUT2D eigenvalue weighted by molar-refractivity contribution is -0.143. The Labute approximate surface area is 119 Å². The molecule has 0 spiro atoms. The molecular formula is C14H24N2O4. The topological polar surface area (TPSA) is 86.7 Å². The number of carboxylic acid groups (broad SMARTS) is 1. The molecule has 0 radical (unpaired) electrons. The van der Waals surface area contributed by atoms with E-state index >= 15 is 0 Å². The van der Waals surface area contributed by atoms with E-state index in [9.17, 15) is 14.4 Å². The largest absolute Gasteiger partial charge is 0.480 e. The smallest absolute Gasteiger partial charge is 0.325 e. The van der Waals surface area contributed by atoms with Crippen LogP contribution in [-0.4, -0.2) is 46.4 Å². The van der Waals surface area contributed by atoms with Crippen molar-refractivity contribution in [2.24, 2.45) is 5.41 Å². The van der Waals surface area contributed by atoms with Gasteiger partial charge < -0.3 is 15.3 Å². The van der Waals surface area contributed by atoms with Crippen LogP contribution in [-0.2, 0) is 14.4 Å². The standard InChI is InChI=1S/C14H24N2O4/c1-9(13(19)20)15-12(18)10-6-5-7-16(10)11(17)8-14(2,3)4/h9-10H,5-8H2,1-4H3,(H,15,18)(H,19,20). The van der Waals surface area contributed by atoms with Crippen molar-refractivity contribution in [1.29, 1.82) is 0 Å². The average Bonchev–Trinajstić information content (AvgIpc) is 2.74. The monoisotopic (exact) mass is 284 g/mol. The van der Waals surface area contributed by atoms with Gasteiger partial charge in [0.05, 0.1) is 0 Å². The average molecular weight is 284 g/mol. The highest BCUT2D eigenvalue weighted by molar-refractivity contribution is 5.90. The summed E-state index contributed by atoms with van der Waals surface area (Å²) in [6.45, 7) is 7.90. The summed E-state index contributed by atoms with van der Waals surface area (Å²) in [5.74, 6) is -1.50. The molecule has 0 aromatic carbocycles. The highest BCUT2D eigenvalue weighted by Crippen LogP contribution is 2.24. The molecule has 114 valence electrons. The summed E-state index contributed by atoms with van der Waals surface area (Å²) in [6.07, 6.45) is 1.74. The van der Waals surface area contributed by atoms with Crippen LogP contribution in [0.4, 0.5) is 0 Å². The van der Waals surface area contributed by atoms with Crippen LogP contribution in [0.5, 0.6) is 0 Å². The number of carboxylic acids is 1. The van der Waals surface area contributed by atoms with Gasteiger partial charge in [-0.1, -0.05) is 20.8 Å². The van der Waals surface area contributed by atoms with Crippen molar-refractivity contribution in [2.75, 3.05) is 6.54 Å². The number of carbonyl (C=O) groups excluding carboxylic acids is 2. The zero-order valence-corrected chi connectivity index (χ0v) is 12.6. The fraction of sp³-hybridized carbons (Fsp3) is 0.786. The van der Waals surface area contributed by atoms with Gasteiger partial charge in [0.1, 0.15) is 12.1 Å². The lowest BCUT2D eigenvalue weighted by atomic mass is 9.91. The van der Waals surface area contributed by atoms with E-state index in [1.807, 2.05) is 20.8 Å². The molecule has 1 rings (SSSR count). The third-order valence-electron chi connectivity index (χ3n) is 3.29. The van der Waals surface area contributed by atoms with Crippen molar-refractivity contribution in [3.05, 3.63) is 0 Å². The van der Waals surface area contributed by atoms with Crippen LogP contribution in [0.1, 0.15) is 47.0 Å². The van der Waals surface area contributed by atoms with Gasteiger partial charge in [0.25, 0.3) is 0 Å². The zero-order chi connectivity index (χ0) is 15.5. The third kappa shape index (κ3) is 4.51. The van der Waals surface area contributed by atoms with Gasteiger partial charge in [-0.15, -0.1) is 0 Å². The summed E-state index contributed by atoms with van der Waals surface area (Å²) in [6, 6.07) is -1.48. The molecule has 2 unspecified atom stereocenters. The van der Waals surface area contributed by atoms with Crippen molar-refractivity contribution in [1.82, 2.24) is 10.2 Å². The minimum atomic E-state index is -1.08. The predicted molar refractivity (Wildman–Crippen MR) is 74.0 cm³/mol. The number of amides is 2. The van der Waals surface area contributed by atoms with Gasteiger partial charge in [0.15, 0.2) is 0 Å². The Hall–Kier alpha value is -1.59. The Morgan fingerprint density at radius 1 is 1.35 bits per heavy atom. The summed E-state index contributed by atoms with van der Waals surface area (Å²) in [5, 5.41) is 11.2. The lowest BCUT2D eigenvalue weighted by Crippen LogP contribution is -2.50. The summed E-state index contributed by atoms with van der Waals surface area (Å²) < 4.78 is 0. The van der Waals surface area contributed by atoms with Crippen molar-refractivity contribution in [2.45, 2.75) is 59.0 Å². The molecule has 1 fully saturated rings. The second kappa shape index (κ2) is 6.24. The van der Waals surface area contributed by atoms with E-state index in [0.29, 0.717) is 19.4 Å². The normalized spacial score (nSPS) is 20.6. The minimum Gasteiger partial charge on any atom is -0.480 e. The van der Waals surface area contributed by atoms with E-state index in [4.69, 9.17) is 5.11 Å². The zero-order valence-electron chi connectivity index (χ0n) is 12.6. The van der Waals surface area contributed by atoms with Crippen LogP contribution in [0.15, 0.2) is 0 Å². The van der Waals surface area contributed by atoms with E-state index in [1.54, 1.807) is 4.90 Å². The molecule has 0 aromatic rings. The first-order valence-corrected chi connectivity index (χ1v) is 6.94. The van der Waals surface area contributed by atoms with Crippen LogP contribution in [0.2, 0.25) is 0 Å². The molecule has 2 N–H and O–H groups in total. The molecule has 2 atom stereocenters. The Morgan fingerprint density at radius 3 is 2.45 bits per heavy atom. The van der Waals surface area contributed by atoms with Gasteiger partial charge >= 0.3 is 5.97 Å². The fourth-order valence-electron chi connectivity index (χ4n) is 2.26. The van der Waals surface area contributed by atoms with Gasteiger partial charge in [-0.3, -0.25) is 14.4 Å². The van der Waals surface area contributed by atoms with E-state index in [0.717, 1.165) is 6.42 Å². The van der Waals surface area contributed by atoms with E-state index < -0.39 is 18.1 Å². The van der Waals surface area contributed by atoms with Crippen LogP contribution < -0.4 is 5.32 Å². The van der Waals surface area contributed by atoms with E-state index in [2.05, 4.69) is 5.32 Å². The predicted octanol–water partition coefficient (Wildman–Crippen LogP) is 1.00. The molecule has 20 heavy (non-hydrogen) atoms.